The lowest BCUT2D eigenvalue weighted by molar-refractivity contribution is -0.114. The molecule has 0 saturated carbocycles. The Morgan fingerprint density at radius 3 is 2.42 bits per heavy atom. The molecule has 1 aromatic carbocycles. The molecule has 0 radical (unpaired) electrons. The Balaban J connectivity index is 1.61. The predicted octanol–water partition coefficient (Wildman–Crippen LogP) is 2.54. The van der Waals surface area contributed by atoms with Crippen LogP contribution in [0.2, 0.25) is 0 Å². The average Bonchev–Trinajstić information content (AvgIpc) is 3.32. The zero-order chi connectivity index (χ0) is 22.2. The van der Waals surface area contributed by atoms with E-state index in [1.807, 2.05) is 34.5 Å². The van der Waals surface area contributed by atoms with Gasteiger partial charge in [-0.05, 0) is 36.4 Å². The summed E-state index contributed by atoms with van der Waals surface area (Å²) in [5.41, 5.74) is 2.46. The summed E-state index contributed by atoms with van der Waals surface area (Å²) in [6, 6.07) is 11.0. The summed E-state index contributed by atoms with van der Waals surface area (Å²) in [6.45, 7) is 2.58. The van der Waals surface area contributed by atoms with Gasteiger partial charge in [0.2, 0.25) is 11.8 Å². The number of thioether (sulfide) groups is 1. The number of ether oxygens (including phenoxy) is 1. The normalized spacial score (nSPS) is 10.8. The first-order valence-electron chi connectivity index (χ1n) is 9.78. The van der Waals surface area contributed by atoms with Crippen molar-refractivity contribution in [3.8, 4) is 0 Å². The first kappa shape index (κ1) is 22.6. The monoisotopic (exact) mass is 442 g/mol. The van der Waals surface area contributed by atoms with Gasteiger partial charge < -0.3 is 24.5 Å². The first-order chi connectivity index (χ1) is 15.0. The quantitative estimate of drug-likeness (QED) is 0.468. The first-order valence-corrected chi connectivity index (χ1v) is 10.8. The van der Waals surface area contributed by atoms with E-state index in [0.29, 0.717) is 36.1 Å². The van der Waals surface area contributed by atoms with Crippen molar-refractivity contribution < 1.29 is 14.3 Å². The lowest BCUT2D eigenvalue weighted by Crippen LogP contribution is -2.16. The molecule has 0 aliphatic rings. The van der Waals surface area contributed by atoms with Crippen molar-refractivity contribution in [3.63, 3.8) is 0 Å². The molecular formula is C21H26N6O3S. The highest BCUT2D eigenvalue weighted by Gasteiger charge is 2.15. The third-order valence-electron chi connectivity index (χ3n) is 4.52. The second-order valence-corrected chi connectivity index (χ2v) is 7.87. The third-order valence-corrected chi connectivity index (χ3v) is 5.49. The molecule has 2 heterocycles. The van der Waals surface area contributed by atoms with Crippen molar-refractivity contribution in [2.75, 3.05) is 30.1 Å². The summed E-state index contributed by atoms with van der Waals surface area (Å²) in [5, 5.41) is 14.8. The molecule has 0 spiro atoms. The molecule has 2 N–H and O–H groups in total. The minimum Gasteiger partial charge on any atom is -0.383 e. The van der Waals surface area contributed by atoms with Gasteiger partial charge in [0.15, 0.2) is 5.16 Å². The van der Waals surface area contributed by atoms with Crippen molar-refractivity contribution in [3.05, 3.63) is 54.1 Å². The van der Waals surface area contributed by atoms with Gasteiger partial charge in [-0.2, -0.15) is 0 Å². The molecule has 9 nitrogen and oxygen atoms in total. The van der Waals surface area contributed by atoms with Crippen LogP contribution in [0.25, 0.3) is 0 Å². The number of aromatic nitrogens is 4. The number of hydrogen-bond acceptors (Lipinski definition) is 6. The number of methoxy groups -OCH3 is 1. The maximum atomic E-state index is 12.4. The molecule has 2 amide bonds. The number of aryl methyl sites for hydroxylation is 1. The van der Waals surface area contributed by atoms with Crippen LogP contribution in [0.3, 0.4) is 0 Å². The Bertz CT molecular complexity index is 1030. The fourth-order valence-corrected chi connectivity index (χ4v) is 3.76. The SMILES string of the molecule is COCCn1c(Cc2cccn2C)nnc1SCC(=O)Nc1ccc(NC(C)=O)cc1. The third kappa shape index (κ3) is 6.43. The number of amides is 2. The van der Waals surface area contributed by atoms with Crippen LogP contribution in [-0.4, -0.2) is 50.6 Å². The zero-order valence-corrected chi connectivity index (χ0v) is 18.6. The molecule has 0 atom stereocenters. The summed E-state index contributed by atoms with van der Waals surface area (Å²) in [6.07, 6.45) is 2.64. The van der Waals surface area contributed by atoms with Gasteiger partial charge in [-0.15, -0.1) is 10.2 Å². The Morgan fingerprint density at radius 2 is 1.81 bits per heavy atom. The standard InChI is InChI=1S/C21H26N6O3S/c1-15(28)22-16-6-8-17(9-7-16)23-20(29)14-31-21-25-24-19(27(21)11-12-30-3)13-18-5-4-10-26(18)2/h4-10H,11-14H2,1-3H3,(H,22,28)(H,23,29). The molecule has 0 bridgehead atoms. The number of hydrogen-bond donors (Lipinski definition) is 2. The van der Waals surface area contributed by atoms with Gasteiger partial charge >= 0.3 is 0 Å². The van der Waals surface area contributed by atoms with E-state index < -0.39 is 0 Å². The van der Waals surface area contributed by atoms with Crippen LogP contribution in [0.4, 0.5) is 11.4 Å². The molecule has 0 unspecified atom stereocenters. The van der Waals surface area contributed by atoms with E-state index in [0.717, 1.165) is 11.5 Å². The summed E-state index contributed by atoms with van der Waals surface area (Å²) >= 11 is 1.33. The Labute approximate surface area is 185 Å². The van der Waals surface area contributed by atoms with Crippen LogP contribution in [0.1, 0.15) is 18.4 Å². The molecule has 0 aliphatic carbocycles. The topological polar surface area (TPSA) is 103 Å². The number of rotatable bonds is 10. The number of carbonyl (C=O) groups excluding carboxylic acids is 2. The number of anilines is 2. The summed E-state index contributed by atoms with van der Waals surface area (Å²) in [4.78, 5) is 23.5. The average molecular weight is 443 g/mol. The molecule has 0 fully saturated rings. The largest absolute Gasteiger partial charge is 0.383 e. The minimum atomic E-state index is -0.150. The second kappa shape index (κ2) is 10.8. The van der Waals surface area contributed by atoms with Crippen molar-refractivity contribution in [2.45, 2.75) is 25.0 Å². The smallest absolute Gasteiger partial charge is 0.234 e. The van der Waals surface area contributed by atoms with E-state index >= 15 is 0 Å². The van der Waals surface area contributed by atoms with E-state index in [9.17, 15) is 9.59 Å². The van der Waals surface area contributed by atoms with E-state index in [1.165, 1.54) is 18.7 Å². The number of carbonyl (C=O) groups is 2. The Morgan fingerprint density at radius 1 is 1.10 bits per heavy atom. The molecular weight excluding hydrogens is 416 g/mol. The van der Waals surface area contributed by atoms with Crippen molar-refractivity contribution >= 4 is 35.0 Å². The van der Waals surface area contributed by atoms with Gasteiger partial charge in [-0.1, -0.05) is 11.8 Å². The highest BCUT2D eigenvalue weighted by molar-refractivity contribution is 7.99. The molecule has 10 heteroatoms. The van der Waals surface area contributed by atoms with Crippen LogP contribution >= 0.6 is 11.8 Å². The summed E-state index contributed by atoms with van der Waals surface area (Å²) < 4.78 is 9.27. The van der Waals surface area contributed by atoms with Crippen LogP contribution in [0.15, 0.2) is 47.8 Å². The molecule has 2 aromatic heterocycles. The van der Waals surface area contributed by atoms with Crippen LogP contribution in [0.5, 0.6) is 0 Å². The van der Waals surface area contributed by atoms with Gasteiger partial charge in [0.1, 0.15) is 5.82 Å². The lowest BCUT2D eigenvalue weighted by atomic mass is 10.3. The zero-order valence-electron chi connectivity index (χ0n) is 17.8. The summed E-state index contributed by atoms with van der Waals surface area (Å²) in [5.74, 6) is 0.734. The van der Waals surface area contributed by atoms with Crippen molar-refractivity contribution in [1.82, 2.24) is 19.3 Å². The van der Waals surface area contributed by atoms with Gasteiger partial charge in [-0.25, -0.2) is 0 Å². The maximum Gasteiger partial charge on any atom is 0.234 e. The number of nitrogens with one attached hydrogen (secondary N) is 2. The number of benzene rings is 1. The second-order valence-electron chi connectivity index (χ2n) is 6.93. The van der Waals surface area contributed by atoms with Crippen molar-refractivity contribution in [1.29, 1.82) is 0 Å². The molecule has 0 saturated heterocycles. The molecule has 31 heavy (non-hydrogen) atoms. The van der Waals surface area contributed by atoms with Gasteiger partial charge in [0, 0.05) is 57.3 Å². The van der Waals surface area contributed by atoms with Gasteiger partial charge in [0.05, 0.1) is 12.4 Å². The van der Waals surface area contributed by atoms with Crippen LogP contribution in [-0.2, 0) is 34.3 Å². The van der Waals surface area contributed by atoms with Gasteiger partial charge in [-0.3, -0.25) is 9.59 Å². The fourth-order valence-electron chi connectivity index (χ4n) is 2.97. The maximum absolute atomic E-state index is 12.4. The minimum absolute atomic E-state index is 0.141. The van der Waals surface area contributed by atoms with Crippen LogP contribution < -0.4 is 10.6 Å². The predicted molar refractivity (Wildman–Crippen MR) is 120 cm³/mol. The highest BCUT2D eigenvalue weighted by Crippen LogP contribution is 2.20. The molecule has 3 aromatic rings. The van der Waals surface area contributed by atoms with E-state index in [-0.39, 0.29) is 17.6 Å². The van der Waals surface area contributed by atoms with E-state index in [4.69, 9.17) is 4.74 Å². The summed E-state index contributed by atoms with van der Waals surface area (Å²) in [7, 11) is 3.65. The van der Waals surface area contributed by atoms with Gasteiger partial charge in [0.25, 0.3) is 0 Å². The number of nitrogens with zero attached hydrogens (tertiary/aromatic N) is 4. The Hall–Kier alpha value is -3.11. The lowest BCUT2D eigenvalue weighted by Gasteiger charge is -2.10. The Kier molecular flexibility index (Phi) is 7.85. The van der Waals surface area contributed by atoms with Crippen molar-refractivity contribution in [2.24, 2.45) is 7.05 Å². The molecule has 164 valence electrons. The van der Waals surface area contributed by atoms with E-state index in [1.54, 1.807) is 31.4 Å². The van der Waals surface area contributed by atoms with E-state index in [2.05, 4.69) is 20.8 Å². The van der Waals surface area contributed by atoms with Crippen LogP contribution in [0, 0.1) is 0 Å². The molecule has 0 aliphatic heterocycles. The highest BCUT2D eigenvalue weighted by atomic mass is 32.2. The molecule has 3 rings (SSSR count). The fraction of sp³-hybridized carbons (Fsp3) is 0.333.